The van der Waals surface area contributed by atoms with Gasteiger partial charge < -0.3 is 9.47 Å². The molecule has 1 fully saturated rings. The average molecular weight is 300 g/mol. The number of hydrogen-bond donors (Lipinski definition) is 1. The molecular formula is C12H20N4O3S. The Morgan fingerprint density at radius 3 is 2.55 bits per heavy atom. The molecule has 2 heterocycles. The second-order valence-corrected chi connectivity index (χ2v) is 6.96. The first kappa shape index (κ1) is 15.0. The highest BCUT2D eigenvalue weighted by Crippen LogP contribution is 2.16. The lowest BCUT2D eigenvalue weighted by Crippen LogP contribution is -2.47. The number of sulfonamides is 1. The molecule has 0 radical (unpaired) electrons. The number of carbonyl (C=O) groups is 1. The zero-order valence-corrected chi connectivity index (χ0v) is 12.5. The van der Waals surface area contributed by atoms with Crippen LogP contribution in [0.4, 0.5) is 0 Å². The van der Waals surface area contributed by atoms with Crippen LogP contribution in [-0.2, 0) is 14.8 Å². The minimum absolute atomic E-state index is 0.0424. The van der Waals surface area contributed by atoms with E-state index in [4.69, 9.17) is 0 Å². The van der Waals surface area contributed by atoms with Gasteiger partial charge in [-0.15, -0.1) is 0 Å². The first-order valence-corrected chi connectivity index (χ1v) is 8.49. The Labute approximate surface area is 119 Å². The van der Waals surface area contributed by atoms with Crippen LogP contribution in [-0.4, -0.2) is 54.2 Å². The fraction of sp³-hybridized carbons (Fsp3) is 0.667. The number of likely N-dealkylation sites (tertiary alicyclic amines) is 1. The molecule has 112 valence electrons. The Balaban J connectivity index is 1.89. The van der Waals surface area contributed by atoms with E-state index in [0.29, 0.717) is 25.9 Å². The van der Waals surface area contributed by atoms with E-state index in [9.17, 15) is 13.2 Å². The lowest BCUT2D eigenvalue weighted by molar-refractivity contribution is -0.135. The van der Waals surface area contributed by atoms with Gasteiger partial charge in [0.25, 0.3) is 0 Å². The normalized spacial score (nSPS) is 19.0. The SMILES string of the molecule is C[C@@H](C(=O)N1CCC(NS(C)(=O)=O)CC1)n1ccnc1. The molecule has 1 aliphatic rings. The van der Waals surface area contributed by atoms with E-state index in [1.165, 1.54) is 0 Å². The molecule has 1 aromatic rings. The van der Waals surface area contributed by atoms with E-state index < -0.39 is 10.0 Å². The Hall–Kier alpha value is -1.41. The van der Waals surface area contributed by atoms with Gasteiger partial charge in [-0.3, -0.25) is 4.79 Å². The van der Waals surface area contributed by atoms with Gasteiger partial charge in [0.05, 0.1) is 12.6 Å². The minimum atomic E-state index is -3.18. The molecule has 0 unspecified atom stereocenters. The highest BCUT2D eigenvalue weighted by molar-refractivity contribution is 7.88. The summed E-state index contributed by atoms with van der Waals surface area (Å²) in [6, 6.07) is -0.352. The van der Waals surface area contributed by atoms with Gasteiger partial charge in [0.15, 0.2) is 0 Å². The maximum Gasteiger partial charge on any atom is 0.245 e. The lowest BCUT2D eigenvalue weighted by Gasteiger charge is -2.33. The van der Waals surface area contributed by atoms with Crippen molar-refractivity contribution < 1.29 is 13.2 Å². The molecule has 1 aliphatic heterocycles. The molecule has 7 nitrogen and oxygen atoms in total. The summed E-state index contributed by atoms with van der Waals surface area (Å²) in [5.41, 5.74) is 0. The van der Waals surface area contributed by atoms with Crippen molar-refractivity contribution in [3.8, 4) is 0 Å². The summed E-state index contributed by atoms with van der Waals surface area (Å²) in [4.78, 5) is 18.0. The van der Waals surface area contributed by atoms with Crippen molar-refractivity contribution >= 4 is 15.9 Å². The molecule has 1 saturated heterocycles. The Bertz CT molecular complexity index is 547. The van der Waals surface area contributed by atoms with Crippen molar-refractivity contribution in [2.75, 3.05) is 19.3 Å². The Morgan fingerprint density at radius 1 is 1.40 bits per heavy atom. The Morgan fingerprint density at radius 2 is 2.05 bits per heavy atom. The van der Waals surface area contributed by atoms with Crippen molar-refractivity contribution in [3.05, 3.63) is 18.7 Å². The second kappa shape index (κ2) is 5.92. The molecule has 1 atom stereocenters. The summed E-state index contributed by atoms with van der Waals surface area (Å²) in [6.45, 7) is 2.99. The second-order valence-electron chi connectivity index (χ2n) is 5.18. The van der Waals surface area contributed by atoms with Crippen molar-refractivity contribution in [3.63, 3.8) is 0 Å². The molecule has 2 rings (SSSR count). The number of hydrogen-bond acceptors (Lipinski definition) is 4. The smallest absolute Gasteiger partial charge is 0.245 e. The van der Waals surface area contributed by atoms with E-state index in [-0.39, 0.29) is 18.0 Å². The minimum Gasteiger partial charge on any atom is -0.341 e. The lowest BCUT2D eigenvalue weighted by atomic mass is 10.1. The summed E-state index contributed by atoms with van der Waals surface area (Å²) in [5, 5.41) is 0. The standard InChI is InChI=1S/C12H20N4O3S/c1-10(16-8-5-13-9-16)12(17)15-6-3-11(4-7-15)14-20(2,18)19/h5,8-11,14H,3-4,6-7H2,1-2H3/t10-/m0/s1. The van der Waals surface area contributed by atoms with Gasteiger partial charge >= 0.3 is 0 Å². The van der Waals surface area contributed by atoms with E-state index in [1.807, 2.05) is 6.92 Å². The van der Waals surface area contributed by atoms with Gasteiger partial charge in [0, 0.05) is 31.5 Å². The van der Waals surface area contributed by atoms with Crippen LogP contribution < -0.4 is 4.72 Å². The first-order chi connectivity index (χ1) is 9.37. The molecule has 0 saturated carbocycles. The maximum absolute atomic E-state index is 12.3. The largest absolute Gasteiger partial charge is 0.341 e. The van der Waals surface area contributed by atoms with Crippen LogP contribution in [0.15, 0.2) is 18.7 Å². The summed E-state index contributed by atoms with van der Waals surface area (Å²) in [7, 11) is -3.18. The topological polar surface area (TPSA) is 84.3 Å². The first-order valence-electron chi connectivity index (χ1n) is 6.60. The van der Waals surface area contributed by atoms with Gasteiger partial charge in [-0.2, -0.15) is 0 Å². The zero-order chi connectivity index (χ0) is 14.8. The number of aromatic nitrogens is 2. The predicted molar refractivity (Wildman–Crippen MR) is 74.5 cm³/mol. The number of rotatable bonds is 4. The number of carbonyl (C=O) groups excluding carboxylic acids is 1. The number of piperidine rings is 1. The number of amides is 1. The van der Waals surface area contributed by atoms with Crippen molar-refractivity contribution in [2.45, 2.75) is 31.8 Å². The van der Waals surface area contributed by atoms with E-state index >= 15 is 0 Å². The molecule has 0 bridgehead atoms. The van der Waals surface area contributed by atoms with E-state index in [0.717, 1.165) is 6.26 Å². The third-order valence-electron chi connectivity index (χ3n) is 3.52. The fourth-order valence-electron chi connectivity index (χ4n) is 2.41. The molecular weight excluding hydrogens is 280 g/mol. The van der Waals surface area contributed by atoms with Gasteiger partial charge in [-0.25, -0.2) is 18.1 Å². The monoisotopic (exact) mass is 300 g/mol. The molecule has 20 heavy (non-hydrogen) atoms. The van der Waals surface area contributed by atoms with Crippen molar-refractivity contribution in [2.24, 2.45) is 0 Å². The summed E-state index contributed by atoms with van der Waals surface area (Å²) in [6.07, 6.45) is 7.49. The van der Waals surface area contributed by atoms with Gasteiger partial charge in [-0.1, -0.05) is 0 Å². The molecule has 0 aliphatic carbocycles. The molecule has 1 N–H and O–H groups in total. The van der Waals surface area contributed by atoms with Gasteiger partial charge in [-0.05, 0) is 19.8 Å². The summed E-state index contributed by atoms with van der Waals surface area (Å²) < 4.78 is 26.7. The average Bonchev–Trinajstić information content (AvgIpc) is 2.90. The number of nitrogens with one attached hydrogen (secondary N) is 1. The van der Waals surface area contributed by atoms with Crippen LogP contribution in [0.25, 0.3) is 0 Å². The maximum atomic E-state index is 12.3. The van der Waals surface area contributed by atoms with Crippen LogP contribution in [0.1, 0.15) is 25.8 Å². The molecule has 0 aromatic carbocycles. The van der Waals surface area contributed by atoms with E-state index in [1.54, 1.807) is 28.2 Å². The highest BCUT2D eigenvalue weighted by atomic mass is 32.2. The van der Waals surface area contributed by atoms with Crippen LogP contribution in [0.2, 0.25) is 0 Å². The van der Waals surface area contributed by atoms with Crippen LogP contribution >= 0.6 is 0 Å². The third-order valence-corrected chi connectivity index (χ3v) is 4.28. The Kier molecular flexibility index (Phi) is 4.44. The summed E-state index contributed by atoms with van der Waals surface area (Å²) in [5.74, 6) is 0.0424. The number of imidazole rings is 1. The predicted octanol–water partition coefficient (Wildman–Crippen LogP) is -0.0157. The molecule has 1 aromatic heterocycles. The third kappa shape index (κ3) is 3.80. The molecule has 0 spiro atoms. The molecule has 1 amide bonds. The van der Waals surface area contributed by atoms with Gasteiger partial charge in [0.1, 0.15) is 6.04 Å². The van der Waals surface area contributed by atoms with Crippen molar-refractivity contribution in [1.82, 2.24) is 19.2 Å². The summed E-state index contributed by atoms with van der Waals surface area (Å²) >= 11 is 0. The van der Waals surface area contributed by atoms with Gasteiger partial charge in [0.2, 0.25) is 15.9 Å². The van der Waals surface area contributed by atoms with E-state index in [2.05, 4.69) is 9.71 Å². The van der Waals surface area contributed by atoms with Crippen LogP contribution in [0.3, 0.4) is 0 Å². The zero-order valence-electron chi connectivity index (χ0n) is 11.7. The van der Waals surface area contributed by atoms with Crippen LogP contribution in [0, 0.1) is 0 Å². The highest BCUT2D eigenvalue weighted by Gasteiger charge is 2.27. The van der Waals surface area contributed by atoms with Crippen molar-refractivity contribution in [1.29, 1.82) is 0 Å². The van der Waals surface area contributed by atoms with Crippen LogP contribution in [0.5, 0.6) is 0 Å². The number of nitrogens with zero attached hydrogens (tertiary/aromatic N) is 3. The molecule has 8 heteroatoms. The fourth-order valence-corrected chi connectivity index (χ4v) is 3.25. The quantitative estimate of drug-likeness (QED) is 0.847.